The Balaban J connectivity index is 1.58. The molecule has 30 heavy (non-hydrogen) atoms. The lowest BCUT2D eigenvalue weighted by Crippen LogP contribution is -2.60. The molecule has 3 aliphatic rings. The Hall–Kier alpha value is -0.320. The van der Waals surface area contributed by atoms with Gasteiger partial charge < -0.3 is 38.6 Å². The van der Waals surface area contributed by atoms with Gasteiger partial charge in [-0.15, -0.1) is 0 Å². The van der Waals surface area contributed by atoms with Gasteiger partial charge in [0.25, 0.3) is 0 Å². The SMILES string of the molecule is COC1C(O)C(C)OC(OC2C(C)CC(OC3C(C)CC(C)OC3C)OC2C)C1O. The highest BCUT2D eigenvalue weighted by atomic mass is 16.7. The van der Waals surface area contributed by atoms with Gasteiger partial charge in [0.15, 0.2) is 12.6 Å². The monoisotopic (exact) mass is 432 g/mol. The third kappa shape index (κ3) is 5.18. The van der Waals surface area contributed by atoms with Gasteiger partial charge >= 0.3 is 0 Å². The van der Waals surface area contributed by atoms with E-state index in [1.165, 1.54) is 7.11 Å². The summed E-state index contributed by atoms with van der Waals surface area (Å²) in [5.41, 5.74) is 0. The minimum Gasteiger partial charge on any atom is -0.388 e. The van der Waals surface area contributed by atoms with Crippen LogP contribution in [-0.2, 0) is 28.4 Å². The average Bonchev–Trinajstić information content (AvgIpc) is 2.65. The van der Waals surface area contributed by atoms with Gasteiger partial charge in [0.2, 0.25) is 0 Å². The highest BCUT2D eigenvalue weighted by Crippen LogP contribution is 2.35. The minimum atomic E-state index is -1.09. The highest BCUT2D eigenvalue weighted by Gasteiger charge is 2.47. The Labute approximate surface area is 180 Å². The molecule has 3 aliphatic heterocycles. The molecule has 3 fully saturated rings. The number of methoxy groups -OCH3 is 1. The summed E-state index contributed by atoms with van der Waals surface area (Å²) in [5.74, 6) is 0.531. The van der Waals surface area contributed by atoms with Crippen LogP contribution in [0.15, 0.2) is 0 Å². The van der Waals surface area contributed by atoms with E-state index in [2.05, 4.69) is 27.7 Å². The molecule has 176 valence electrons. The van der Waals surface area contributed by atoms with Gasteiger partial charge in [-0.25, -0.2) is 0 Å². The number of aliphatic hydroxyl groups is 2. The van der Waals surface area contributed by atoms with Crippen molar-refractivity contribution in [2.24, 2.45) is 11.8 Å². The molecule has 0 bridgehead atoms. The largest absolute Gasteiger partial charge is 0.388 e. The van der Waals surface area contributed by atoms with Crippen molar-refractivity contribution in [3.63, 3.8) is 0 Å². The molecule has 3 heterocycles. The van der Waals surface area contributed by atoms with Gasteiger partial charge in [-0.2, -0.15) is 0 Å². The maximum atomic E-state index is 10.6. The fourth-order valence-corrected chi connectivity index (χ4v) is 5.19. The van der Waals surface area contributed by atoms with Crippen LogP contribution >= 0.6 is 0 Å². The zero-order valence-electron chi connectivity index (χ0n) is 19.3. The molecule has 13 atom stereocenters. The lowest BCUT2D eigenvalue weighted by atomic mass is 9.90. The summed E-state index contributed by atoms with van der Waals surface area (Å²) in [4.78, 5) is 0. The fraction of sp³-hybridized carbons (Fsp3) is 1.00. The molecular weight excluding hydrogens is 392 g/mol. The Morgan fingerprint density at radius 3 is 1.87 bits per heavy atom. The molecule has 3 rings (SSSR count). The van der Waals surface area contributed by atoms with Crippen LogP contribution in [0.1, 0.15) is 54.4 Å². The molecule has 13 unspecified atom stereocenters. The van der Waals surface area contributed by atoms with E-state index in [0.29, 0.717) is 12.3 Å². The smallest absolute Gasteiger partial charge is 0.186 e. The van der Waals surface area contributed by atoms with Crippen LogP contribution in [0.3, 0.4) is 0 Å². The molecule has 0 spiro atoms. The van der Waals surface area contributed by atoms with E-state index in [1.54, 1.807) is 6.92 Å². The summed E-state index contributed by atoms with van der Waals surface area (Å²) in [6, 6.07) is 0. The van der Waals surface area contributed by atoms with E-state index in [4.69, 9.17) is 28.4 Å². The van der Waals surface area contributed by atoms with E-state index in [0.717, 1.165) is 6.42 Å². The third-order valence-electron chi connectivity index (χ3n) is 6.78. The summed E-state index contributed by atoms with van der Waals surface area (Å²) >= 11 is 0. The molecule has 0 aromatic carbocycles. The normalized spacial score (nSPS) is 52.9. The van der Waals surface area contributed by atoms with Crippen LogP contribution in [0.4, 0.5) is 0 Å². The maximum Gasteiger partial charge on any atom is 0.186 e. The molecule has 8 heteroatoms. The molecule has 3 saturated heterocycles. The molecule has 0 aromatic rings. The van der Waals surface area contributed by atoms with E-state index in [9.17, 15) is 10.2 Å². The van der Waals surface area contributed by atoms with Crippen molar-refractivity contribution in [1.82, 2.24) is 0 Å². The van der Waals surface area contributed by atoms with E-state index >= 15 is 0 Å². The van der Waals surface area contributed by atoms with Gasteiger partial charge in [-0.1, -0.05) is 13.8 Å². The van der Waals surface area contributed by atoms with Crippen LogP contribution in [0.2, 0.25) is 0 Å². The summed E-state index contributed by atoms with van der Waals surface area (Å²) in [5, 5.41) is 20.7. The van der Waals surface area contributed by atoms with Gasteiger partial charge in [0.1, 0.15) is 18.3 Å². The van der Waals surface area contributed by atoms with Crippen LogP contribution in [-0.4, -0.2) is 84.8 Å². The Kier molecular flexibility index (Phi) is 8.18. The number of hydrogen-bond donors (Lipinski definition) is 2. The van der Waals surface area contributed by atoms with Crippen molar-refractivity contribution in [2.45, 2.75) is 122 Å². The average molecular weight is 433 g/mol. The van der Waals surface area contributed by atoms with E-state index < -0.39 is 30.7 Å². The summed E-state index contributed by atoms with van der Waals surface area (Å²) < 4.78 is 35.6. The zero-order valence-corrected chi connectivity index (χ0v) is 19.3. The fourth-order valence-electron chi connectivity index (χ4n) is 5.19. The van der Waals surface area contributed by atoms with Crippen LogP contribution < -0.4 is 0 Å². The standard InChI is InChI=1S/C22H40O8/c1-10-8-12(3)26-14(5)19(10)29-16-9-11(2)20(15(6)27-16)30-22-18(24)21(25-7)17(23)13(4)28-22/h10-24H,8-9H2,1-7H3. The second-order valence-corrected chi connectivity index (χ2v) is 9.44. The molecule has 2 N–H and O–H groups in total. The lowest BCUT2D eigenvalue weighted by Gasteiger charge is -2.46. The quantitative estimate of drug-likeness (QED) is 0.680. The number of aliphatic hydroxyl groups excluding tert-OH is 2. The second-order valence-electron chi connectivity index (χ2n) is 9.44. The molecule has 0 radical (unpaired) electrons. The molecule has 0 aromatic heterocycles. The van der Waals surface area contributed by atoms with Crippen molar-refractivity contribution in [3.05, 3.63) is 0 Å². The van der Waals surface area contributed by atoms with E-state index in [1.807, 2.05) is 6.92 Å². The first-order chi connectivity index (χ1) is 14.1. The van der Waals surface area contributed by atoms with Crippen molar-refractivity contribution < 1.29 is 38.6 Å². The topological polar surface area (TPSA) is 95.8 Å². The van der Waals surface area contributed by atoms with E-state index in [-0.39, 0.29) is 42.7 Å². The lowest BCUT2D eigenvalue weighted by molar-refractivity contribution is -0.339. The predicted molar refractivity (Wildman–Crippen MR) is 109 cm³/mol. The molecule has 0 amide bonds. The first-order valence-corrected chi connectivity index (χ1v) is 11.3. The number of hydrogen-bond acceptors (Lipinski definition) is 8. The van der Waals surface area contributed by atoms with Crippen LogP contribution in [0.5, 0.6) is 0 Å². The van der Waals surface area contributed by atoms with Gasteiger partial charge in [0, 0.05) is 13.5 Å². The summed E-state index contributed by atoms with van der Waals surface area (Å²) in [7, 11) is 1.46. The highest BCUT2D eigenvalue weighted by molar-refractivity contribution is 4.90. The Morgan fingerprint density at radius 2 is 1.27 bits per heavy atom. The summed E-state index contributed by atoms with van der Waals surface area (Å²) in [6.45, 7) is 12.1. The van der Waals surface area contributed by atoms with Gasteiger partial charge in [-0.3, -0.25) is 0 Å². The third-order valence-corrected chi connectivity index (χ3v) is 6.78. The molecule has 0 saturated carbocycles. The van der Waals surface area contributed by atoms with Crippen molar-refractivity contribution in [2.75, 3.05) is 7.11 Å². The Morgan fingerprint density at radius 1 is 0.667 bits per heavy atom. The first kappa shape index (κ1) is 24.3. The molecule has 8 nitrogen and oxygen atoms in total. The zero-order chi connectivity index (χ0) is 22.2. The van der Waals surface area contributed by atoms with Crippen molar-refractivity contribution >= 4 is 0 Å². The molecular formula is C22H40O8. The first-order valence-electron chi connectivity index (χ1n) is 11.3. The Bertz CT molecular complexity index is 523. The molecule has 0 aliphatic carbocycles. The minimum absolute atomic E-state index is 0.00336. The van der Waals surface area contributed by atoms with Crippen molar-refractivity contribution in [3.8, 4) is 0 Å². The van der Waals surface area contributed by atoms with Crippen molar-refractivity contribution in [1.29, 1.82) is 0 Å². The second kappa shape index (κ2) is 10.1. The van der Waals surface area contributed by atoms with Crippen LogP contribution in [0, 0.1) is 11.8 Å². The maximum absolute atomic E-state index is 10.6. The number of rotatable bonds is 5. The predicted octanol–water partition coefficient (Wildman–Crippen LogP) is 1.84. The van der Waals surface area contributed by atoms with Crippen LogP contribution in [0.25, 0.3) is 0 Å². The van der Waals surface area contributed by atoms with Gasteiger partial charge in [0.05, 0.1) is 36.6 Å². The van der Waals surface area contributed by atoms with Gasteiger partial charge in [-0.05, 0) is 46.0 Å². The summed E-state index contributed by atoms with van der Waals surface area (Å²) in [6.07, 6.45) is -3.09. The number of ether oxygens (including phenoxy) is 6.